The third kappa shape index (κ3) is 4.19. The first-order valence-corrected chi connectivity index (χ1v) is 8.43. The quantitative estimate of drug-likeness (QED) is 0.486. The van der Waals surface area contributed by atoms with Gasteiger partial charge in [-0.15, -0.1) is 11.6 Å². The molecule has 0 heterocycles. The Morgan fingerprint density at radius 3 is 2.59 bits per heavy atom. The van der Waals surface area contributed by atoms with Crippen LogP contribution in [-0.4, -0.2) is 17.4 Å². The third-order valence-electron chi connectivity index (χ3n) is 4.62. The maximum absolute atomic E-state index is 12.7. The number of hydrogen-bond donors (Lipinski definition) is 0. The van der Waals surface area contributed by atoms with Crippen molar-refractivity contribution in [3.8, 4) is 0 Å². The van der Waals surface area contributed by atoms with Gasteiger partial charge in [0.2, 0.25) is 0 Å². The maximum atomic E-state index is 12.7. The number of hydrogen-bond acceptors (Lipinski definition) is 2. The molecule has 1 unspecified atom stereocenters. The van der Waals surface area contributed by atoms with Crippen molar-refractivity contribution in [1.82, 2.24) is 0 Å². The summed E-state index contributed by atoms with van der Waals surface area (Å²) in [5, 5.41) is 0. The molecule has 1 aliphatic carbocycles. The Bertz CT molecular complexity index is 524. The standard InChI is InChI=1S/C19H27ClO2/c1-6-16(21)15-10-9-14(3)18(19(15,4)5)17(22)12-13(2)8-7-11-20/h6,12,15H,1,7-11H2,2-5H3/b13-12+. The average molecular weight is 323 g/mol. The lowest BCUT2D eigenvalue weighted by molar-refractivity contribution is -0.122. The van der Waals surface area contributed by atoms with Gasteiger partial charge in [-0.1, -0.05) is 31.6 Å². The topological polar surface area (TPSA) is 34.1 Å². The molecule has 1 atom stereocenters. The van der Waals surface area contributed by atoms with Gasteiger partial charge >= 0.3 is 0 Å². The van der Waals surface area contributed by atoms with Crippen LogP contribution in [0.5, 0.6) is 0 Å². The molecule has 0 saturated carbocycles. The Labute approximate surface area is 139 Å². The highest BCUT2D eigenvalue weighted by atomic mass is 35.5. The highest BCUT2D eigenvalue weighted by Crippen LogP contribution is 2.45. The van der Waals surface area contributed by atoms with Gasteiger partial charge in [0.15, 0.2) is 11.6 Å². The molecule has 0 amide bonds. The van der Waals surface area contributed by atoms with E-state index < -0.39 is 5.41 Å². The van der Waals surface area contributed by atoms with Gasteiger partial charge in [-0.25, -0.2) is 0 Å². The van der Waals surface area contributed by atoms with E-state index in [1.807, 2.05) is 27.7 Å². The van der Waals surface area contributed by atoms with E-state index in [0.717, 1.165) is 42.4 Å². The van der Waals surface area contributed by atoms with Crippen molar-refractivity contribution in [1.29, 1.82) is 0 Å². The van der Waals surface area contributed by atoms with Gasteiger partial charge in [-0.05, 0) is 51.7 Å². The predicted octanol–water partition coefficient (Wildman–Crippen LogP) is 5.03. The van der Waals surface area contributed by atoms with Crippen LogP contribution in [0.4, 0.5) is 0 Å². The minimum atomic E-state index is -0.450. The lowest BCUT2D eigenvalue weighted by Gasteiger charge is -2.39. The summed E-state index contributed by atoms with van der Waals surface area (Å²) in [7, 11) is 0. The van der Waals surface area contributed by atoms with Crippen molar-refractivity contribution < 1.29 is 9.59 Å². The normalized spacial score (nSPS) is 21.7. The Hall–Kier alpha value is -1.15. The van der Waals surface area contributed by atoms with Crippen molar-refractivity contribution in [2.24, 2.45) is 11.3 Å². The number of carbonyl (C=O) groups excluding carboxylic acids is 2. The van der Waals surface area contributed by atoms with E-state index in [2.05, 4.69) is 6.58 Å². The first-order chi connectivity index (χ1) is 10.3. The van der Waals surface area contributed by atoms with E-state index in [1.54, 1.807) is 6.08 Å². The fourth-order valence-electron chi connectivity index (χ4n) is 3.45. The van der Waals surface area contributed by atoms with Crippen molar-refractivity contribution in [3.63, 3.8) is 0 Å². The van der Waals surface area contributed by atoms with Crippen LogP contribution in [0.1, 0.15) is 53.4 Å². The molecular formula is C19H27ClO2. The van der Waals surface area contributed by atoms with Gasteiger partial charge in [-0.3, -0.25) is 9.59 Å². The lowest BCUT2D eigenvalue weighted by Crippen LogP contribution is -2.38. The van der Waals surface area contributed by atoms with Crippen molar-refractivity contribution >= 4 is 23.2 Å². The number of halogens is 1. The van der Waals surface area contributed by atoms with E-state index >= 15 is 0 Å². The number of carbonyl (C=O) groups is 2. The Balaban J connectivity index is 3.11. The van der Waals surface area contributed by atoms with Gasteiger partial charge in [-0.2, -0.15) is 0 Å². The summed E-state index contributed by atoms with van der Waals surface area (Å²) in [6.45, 7) is 11.6. The Morgan fingerprint density at radius 1 is 1.41 bits per heavy atom. The zero-order valence-electron chi connectivity index (χ0n) is 14.2. The molecule has 0 aromatic rings. The largest absolute Gasteiger partial charge is 0.295 e. The second kappa shape index (κ2) is 7.92. The predicted molar refractivity (Wildman–Crippen MR) is 93.1 cm³/mol. The van der Waals surface area contributed by atoms with Crippen LogP contribution in [0, 0.1) is 11.3 Å². The summed E-state index contributed by atoms with van der Waals surface area (Å²) >= 11 is 5.70. The molecule has 3 heteroatoms. The van der Waals surface area contributed by atoms with Crippen LogP contribution in [0.25, 0.3) is 0 Å². The van der Waals surface area contributed by atoms with Gasteiger partial charge in [0.1, 0.15) is 0 Å². The summed E-state index contributed by atoms with van der Waals surface area (Å²) in [4.78, 5) is 24.9. The van der Waals surface area contributed by atoms with Gasteiger partial charge in [0, 0.05) is 22.8 Å². The lowest BCUT2D eigenvalue weighted by atomic mass is 9.63. The first-order valence-electron chi connectivity index (χ1n) is 7.89. The van der Waals surface area contributed by atoms with E-state index in [9.17, 15) is 9.59 Å². The fraction of sp³-hybridized carbons (Fsp3) is 0.579. The molecule has 0 aromatic heterocycles. The second-order valence-corrected chi connectivity index (χ2v) is 7.10. The molecule has 0 aromatic carbocycles. The third-order valence-corrected chi connectivity index (χ3v) is 4.89. The van der Waals surface area contributed by atoms with Crippen LogP contribution in [0.2, 0.25) is 0 Å². The van der Waals surface area contributed by atoms with E-state index in [-0.39, 0.29) is 17.5 Å². The molecule has 122 valence electrons. The average Bonchev–Trinajstić information content (AvgIpc) is 2.43. The molecule has 1 aliphatic rings. The zero-order chi connectivity index (χ0) is 16.9. The molecule has 0 spiro atoms. The Morgan fingerprint density at radius 2 is 2.05 bits per heavy atom. The van der Waals surface area contributed by atoms with Gasteiger partial charge in [0.25, 0.3) is 0 Å². The van der Waals surface area contributed by atoms with Crippen LogP contribution < -0.4 is 0 Å². The number of allylic oxidation sites excluding steroid dienone is 5. The smallest absolute Gasteiger partial charge is 0.182 e. The monoisotopic (exact) mass is 322 g/mol. The van der Waals surface area contributed by atoms with Crippen LogP contribution >= 0.6 is 11.6 Å². The van der Waals surface area contributed by atoms with E-state index in [1.165, 1.54) is 6.08 Å². The maximum Gasteiger partial charge on any atom is 0.182 e. The van der Waals surface area contributed by atoms with Crippen LogP contribution in [-0.2, 0) is 9.59 Å². The summed E-state index contributed by atoms with van der Waals surface area (Å²) < 4.78 is 0. The van der Waals surface area contributed by atoms with Gasteiger partial charge < -0.3 is 0 Å². The summed E-state index contributed by atoms with van der Waals surface area (Å²) in [5.41, 5.74) is 2.49. The van der Waals surface area contributed by atoms with Crippen molar-refractivity contribution in [3.05, 3.63) is 35.5 Å². The molecule has 0 radical (unpaired) electrons. The Kier molecular flexibility index (Phi) is 6.80. The first kappa shape index (κ1) is 18.9. The molecule has 0 saturated heterocycles. The number of alkyl halides is 1. The minimum Gasteiger partial charge on any atom is -0.295 e. The molecule has 2 nitrogen and oxygen atoms in total. The number of rotatable bonds is 7. The second-order valence-electron chi connectivity index (χ2n) is 6.72. The van der Waals surface area contributed by atoms with Crippen molar-refractivity contribution in [2.75, 3.05) is 5.88 Å². The molecular weight excluding hydrogens is 296 g/mol. The fourth-order valence-corrected chi connectivity index (χ4v) is 3.59. The molecule has 22 heavy (non-hydrogen) atoms. The molecule has 0 bridgehead atoms. The van der Waals surface area contributed by atoms with E-state index in [0.29, 0.717) is 5.88 Å². The summed E-state index contributed by atoms with van der Waals surface area (Å²) in [5.74, 6) is 0.508. The zero-order valence-corrected chi connectivity index (χ0v) is 14.9. The van der Waals surface area contributed by atoms with Crippen molar-refractivity contribution in [2.45, 2.75) is 53.4 Å². The molecule has 0 aliphatic heterocycles. The summed E-state index contributed by atoms with van der Waals surface area (Å²) in [6, 6.07) is 0. The molecule has 1 rings (SSSR count). The highest BCUT2D eigenvalue weighted by molar-refractivity contribution is 6.17. The van der Waals surface area contributed by atoms with Crippen LogP contribution in [0.15, 0.2) is 35.5 Å². The molecule has 0 N–H and O–H groups in total. The van der Waals surface area contributed by atoms with Gasteiger partial charge in [0.05, 0.1) is 0 Å². The highest BCUT2D eigenvalue weighted by Gasteiger charge is 2.42. The number of ketones is 2. The summed E-state index contributed by atoms with van der Waals surface area (Å²) in [6.07, 6.45) is 6.39. The SMILES string of the molecule is C=CC(=O)C1CCC(C)=C(C(=O)/C=C(\C)CCCCl)C1(C)C. The molecule has 0 fully saturated rings. The van der Waals surface area contributed by atoms with E-state index in [4.69, 9.17) is 11.6 Å². The van der Waals surface area contributed by atoms with Crippen LogP contribution in [0.3, 0.4) is 0 Å². The minimum absolute atomic E-state index is 0.0330.